The van der Waals surface area contributed by atoms with E-state index in [4.69, 9.17) is 22.1 Å². The lowest BCUT2D eigenvalue weighted by Crippen LogP contribution is -2.03. The predicted molar refractivity (Wildman–Crippen MR) is 378 cm³/mol. The van der Waals surface area contributed by atoms with Gasteiger partial charge in [0.2, 0.25) is 33.5 Å². The Morgan fingerprint density at radius 2 is 0.557 bits per heavy atom. The molecule has 0 amide bonds. The maximum absolute atomic E-state index is 12.2. The molecule has 0 bridgehead atoms. The first kappa shape index (κ1) is 71.5. The zero-order chi connectivity index (χ0) is 76.6. The van der Waals surface area contributed by atoms with E-state index >= 15 is 0 Å². The van der Waals surface area contributed by atoms with E-state index < -0.39 is 73.8 Å². The summed E-state index contributed by atoms with van der Waals surface area (Å²) in [6.07, 6.45) is 0. The van der Waals surface area contributed by atoms with Gasteiger partial charge >= 0.3 is 0 Å². The number of aromatic hydroxyl groups is 20. The van der Waals surface area contributed by atoms with Crippen molar-refractivity contribution >= 4 is 54.8 Å². The van der Waals surface area contributed by atoms with Crippen LogP contribution in [-0.4, -0.2) is 102 Å². The zero-order valence-electron chi connectivity index (χ0n) is 53.8. The lowest BCUT2D eigenvalue weighted by atomic mass is 10.1. The smallest absolute Gasteiger partial charge is 0.238 e. The molecule has 0 aliphatic carbocycles. The molecular formula is C76H52O30. The summed E-state index contributed by atoms with van der Waals surface area (Å²) in [5, 5.41) is 191. The Labute approximate surface area is 587 Å². The second-order valence-electron chi connectivity index (χ2n) is 23.0. The Hall–Kier alpha value is -15.8. The molecule has 106 heavy (non-hydrogen) atoms. The Morgan fingerprint density at radius 1 is 0.226 bits per heavy atom. The van der Waals surface area contributed by atoms with Crippen molar-refractivity contribution in [1.29, 1.82) is 0 Å². The number of rotatable bonds is 5. The van der Waals surface area contributed by atoms with E-state index in [1.54, 1.807) is 19.1 Å². The van der Waals surface area contributed by atoms with Gasteiger partial charge in [-0.1, -0.05) is 12.1 Å². The van der Waals surface area contributed by atoms with Gasteiger partial charge in [0, 0.05) is 64.2 Å². The number of hydrogen-bond donors (Lipinski definition) is 20. The third-order valence-electron chi connectivity index (χ3n) is 15.7. The van der Waals surface area contributed by atoms with Crippen LogP contribution in [0.4, 0.5) is 0 Å². The second-order valence-corrected chi connectivity index (χ2v) is 23.0. The fraction of sp³-hybridized carbons (Fsp3) is 0.0132. The minimum atomic E-state index is -0.888. The summed E-state index contributed by atoms with van der Waals surface area (Å²) in [5.74, 6) is -7.89. The fourth-order valence-corrected chi connectivity index (χ4v) is 10.4. The number of fused-ring (bicyclic) bond motifs is 5. The lowest BCUT2D eigenvalue weighted by molar-refractivity contribution is 0.368. The summed E-state index contributed by atoms with van der Waals surface area (Å²) in [7, 11) is 0. The summed E-state index contributed by atoms with van der Waals surface area (Å²) >= 11 is 0. The van der Waals surface area contributed by atoms with Crippen molar-refractivity contribution in [2.24, 2.45) is 0 Å². The van der Waals surface area contributed by atoms with Gasteiger partial charge < -0.3 is 124 Å². The summed E-state index contributed by atoms with van der Waals surface area (Å²) < 4.78 is 27.3. The topological polar surface area (TPSA) is 556 Å². The maximum atomic E-state index is 12.2. The Balaban J connectivity index is 0.000000132. The highest BCUT2D eigenvalue weighted by Crippen LogP contribution is 2.43. The summed E-state index contributed by atoms with van der Waals surface area (Å²) in [4.78, 5) is 60.4. The van der Waals surface area contributed by atoms with Gasteiger partial charge in [0.25, 0.3) is 0 Å². The minimum Gasteiger partial charge on any atom is -0.508 e. The molecule has 0 saturated heterocycles. The third kappa shape index (κ3) is 14.5. The highest BCUT2D eigenvalue weighted by molar-refractivity contribution is 5.90. The number of benzene rings is 10. The van der Waals surface area contributed by atoms with Crippen LogP contribution in [-0.2, 0) is 0 Å². The molecule has 0 saturated carbocycles. The average molecular weight is 1450 g/mol. The molecule has 15 aromatic rings. The molecule has 0 unspecified atom stereocenters. The SMILES string of the molecule is Cc1ccc(-c2oc3cc(O)cc(O)c3c(=O)c2O)cc1O.O=c1c(O)c(-c2ccc(O)c(O)c2)oc2cc(O)cc(O)c12.O=c1c(O)c(-c2ccc(O)c(O)c2)oc2ccc(O)cc12.O=c1cc(-c2cc(O)c(O)c(O)c2)oc2ccc(O)cc12.O=c1cc(-c2ccc(O)c(O)c2)oc2ccc(O)cc12. The zero-order valence-corrected chi connectivity index (χ0v) is 53.8. The molecule has 0 aliphatic heterocycles. The van der Waals surface area contributed by atoms with Gasteiger partial charge in [-0.3, -0.25) is 24.0 Å². The van der Waals surface area contributed by atoms with Crippen molar-refractivity contribution in [3.05, 3.63) is 233 Å². The van der Waals surface area contributed by atoms with E-state index in [1.807, 2.05) is 0 Å². The van der Waals surface area contributed by atoms with Crippen LogP contribution in [0.5, 0.6) is 115 Å². The van der Waals surface area contributed by atoms with Gasteiger partial charge in [0.05, 0.1) is 16.2 Å². The number of phenolic OH excluding ortho intramolecular Hbond substituents is 17. The van der Waals surface area contributed by atoms with Gasteiger partial charge in [0.1, 0.15) is 96.2 Å². The normalized spacial score (nSPS) is 10.9. The van der Waals surface area contributed by atoms with Gasteiger partial charge in [-0.15, -0.1) is 0 Å². The molecule has 30 heteroatoms. The second kappa shape index (κ2) is 28.5. The molecule has 536 valence electrons. The number of phenols is 17. The van der Waals surface area contributed by atoms with Crippen molar-refractivity contribution in [1.82, 2.24) is 0 Å². The highest BCUT2D eigenvalue weighted by Gasteiger charge is 2.23. The van der Waals surface area contributed by atoms with Gasteiger partial charge in [-0.25, -0.2) is 0 Å². The predicted octanol–water partition coefficient (Wildman–Crippen LogP) is 11.7. The van der Waals surface area contributed by atoms with E-state index in [9.17, 15) is 126 Å². The van der Waals surface area contributed by atoms with Crippen molar-refractivity contribution in [2.75, 3.05) is 0 Å². The van der Waals surface area contributed by atoms with Crippen LogP contribution < -0.4 is 27.1 Å². The average Bonchev–Trinajstić information content (AvgIpc) is 0.760. The van der Waals surface area contributed by atoms with Crippen molar-refractivity contribution in [2.45, 2.75) is 6.92 Å². The van der Waals surface area contributed by atoms with E-state index in [-0.39, 0.29) is 163 Å². The quantitative estimate of drug-likeness (QED) is 0.0712. The Morgan fingerprint density at radius 3 is 0.962 bits per heavy atom. The maximum Gasteiger partial charge on any atom is 0.238 e. The number of hydrogen-bond acceptors (Lipinski definition) is 30. The number of aryl methyl sites for hydroxylation is 1. The van der Waals surface area contributed by atoms with E-state index in [0.717, 1.165) is 36.4 Å². The van der Waals surface area contributed by atoms with E-state index in [0.29, 0.717) is 22.3 Å². The third-order valence-corrected chi connectivity index (χ3v) is 15.7. The van der Waals surface area contributed by atoms with Gasteiger partial charge in [-0.2, -0.15) is 0 Å². The van der Waals surface area contributed by atoms with Crippen LogP contribution in [0, 0.1) is 6.92 Å². The summed E-state index contributed by atoms with van der Waals surface area (Å²) in [6, 6.07) is 37.3. The Bertz CT molecular complexity index is 6200. The van der Waals surface area contributed by atoms with Crippen LogP contribution in [0.2, 0.25) is 0 Å². The lowest BCUT2D eigenvalue weighted by Gasteiger charge is -2.08. The summed E-state index contributed by atoms with van der Waals surface area (Å²) in [5.41, 5.74) is -0.559. The molecule has 5 heterocycles. The first-order valence-electron chi connectivity index (χ1n) is 30.3. The molecule has 15 rings (SSSR count). The highest BCUT2D eigenvalue weighted by atomic mass is 16.4. The molecule has 0 atom stereocenters. The van der Waals surface area contributed by atoms with Crippen molar-refractivity contribution in [3.63, 3.8) is 0 Å². The van der Waals surface area contributed by atoms with Gasteiger partial charge in [0.15, 0.2) is 79.9 Å². The standard InChI is InChI=1S/C16H12O6.C15H10O7.2C15H10O6.C15H10O5/c1-7-2-3-8(4-10(7)18)16-15(21)14(20)13-11(19)5-9(17)6-12(13)22-16;16-7-4-10(19)12-11(5-7)22-15(14(21)13(12)20)6-1-2-8(17)9(18)3-6;16-8-2-4-12-9(6-8)13(19)14(20)15(21-12)7-1-3-10(17)11(18)5-7;16-8-1-2-13-9(5-8)10(17)6-14(21-13)7-3-11(18)15(20)12(19)4-7;16-9-2-4-14-10(6-9)12(18)7-15(20-14)8-1-3-11(17)13(19)5-8/h2-6,17-19,21H,1H3;1-5,16-19,21H;1-6,16-18,20H;1-6,16,18-20H;1-7,16-17,19H. The van der Waals surface area contributed by atoms with Crippen LogP contribution in [0.1, 0.15) is 5.56 Å². The molecule has 5 aromatic heterocycles. The van der Waals surface area contributed by atoms with Crippen molar-refractivity contribution < 1.29 is 124 Å². The van der Waals surface area contributed by atoms with Crippen molar-refractivity contribution in [3.8, 4) is 172 Å². The molecule has 20 N–H and O–H groups in total. The molecule has 0 spiro atoms. The van der Waals surface area contributed by atoms with E-state index in [2.05, 4.69) is 0 Å². The van der Waals surface area contributed by atoms with Crippen LogP contribution >= 0.6 is 0 Å². The molecule has 0 aliphatic rings. The monoisotopic (exact) mass is 1440 g/mol. The Kier molecular flexibility index (Phi) is 19.2. The largest absolute Gasteiger partial charge is 0.508 e. The fourth-order valence-electron chi connectivity index (χ4n) is 10.4. The molecule has 30 nitrogen and oxygen atoms in total. The minimum absolute atomic E-state index is 0.0140. The first-order chi connectivity index (χ1) is 50.2. The molecule has 0 radical (unpaired) electrons. The van der Waals surface area contributed by atoms with Gasteiger partial charge in [-0.05, 0) is 140 Å². The van der Waals surface area contributed by atoms with E-state index in [1.165, 1.54) is 127 Å². The summed E-state index contributed by atoms with van der Waals surface area (Å²) in [6.45, 7) is 1.70. The molecule has 10 aromatic carbocycles. The molecule has 0 fully saturated rings. The van der Waals surface area contributed by atoms with Crippen LogP contribution in [0.15, 0.2) is 222 Å². The van der Waals surface area contributed by atoms with Crippen LogP contribution in [0.3, 0.4) is 0 Å². The molecular weight excluding hydrogens is 1390 g/mol. The first-order valence-corrected chi connectivity index (χ1v) is 30.3. The van der Waals surface area contributed by atoms with Crippen LogP contribution in [0.25, 0.3) is 111 Å².